The number of ether oxygens (including phenoxy) is 2. The molecule has 3 rings (SSSR count). The van der Waals surface area contributed by atoms with Crippen molar-refractivity contribution < 1.29 is 24.5 Å². The smallest absolute Gasteiger partial charge is 0.332 e. The van der Waals surface area contributed by atoms with Crippen molar-refractivity contribution in [1.82, 2.24) is 0 Å². The van der Waals surface area contributed by atoms with Crippen LogP contribution < -0.4 is 0 Å². The van der Waals surface area contributed by atoms with Gasteiger partial charge >= 0.3 is 5.97 Å². The first-order chi connectivity index (χ1) is 17.5. The Hall–Kier alpha value is -3.31. The molecule has 5 heteroatoms. The predicted octanol–water partition coefficient (Wildman–Crippen LogP) is 7.94. The van der Waals surface area contributed by atoms with E-state index in [1.165, 1.54) is 12.7 Å². The minimum atomic E-state index is -0.292. The average Bonchev–Trinajstić information content (AvgIpc) is 2.94. The molecule has 0 saturated heterocycles. The molecule has 3 aromatic carbocycles. The number of rotatable bonds is 7. The number of phenolic OH excluding ortho intramolecular Hbond substituents is 2. The topological polar surface area (TPSA) is 76.0 Å². The summed E-state index contributed by atoms with van der Waals surface area (Å²) in [4.78, 5) is 10.5. The molecule has 0 saturated carbocycles. The van der Waals surface area contributed by atoms with Gasteiger partial charge < -0.3 is 19.7 Å². The molecule has 36 heavy (non-hydrogen) atoms. The second-order valence-electron chi connectivity index (χ2n) is 6.68. The largest absolute Gasteiger partial charge is 0.508 e. The van der Waals surface area contributed by atoms with Crippen LogP contribution in [0.25, 0.3) is 0 Å². The molecule has 0 unspecified atom stereocenters. The first kappa shape index (κ1) is 34.9. The van der Waals surface area contributed by atoms with Crippen molar-refractivity contribution in [3.63, 3.8) is 0 Å². The fraction of sp³-hybridized carbons (Fsp3) is 0.387. The van der Waals surface area contributed by atoms with Crippen LogP contribution in [0.3, 0.4) is 0 Å². The Balaban J connectivity index is 0. The van der Waals surface area contributed by atoms with E-state index in [0.717, 1.165) is 17.5 Å². The molecule has 0 fully saturated rings. The maximum atomic E-state index is 10.5. The molecular formula is C31H46O5. The molecule has 0 bridgehead atoms. The zero-order valence-electron chi connectivity index (χ0n) is 23.3. The quantitative estimate of drug-likeness (QED) is 0.255. The van der Waals surface area contributed by atoms with Crippen molar-refractivity contribution in [1.29, 1.82) is 0 Å². The van der Waals surface area contributed by atoms with Gasteiger partial charge in [0.05, 0.1) is 6.61 Å². The van der Waals surface area contributed by atoms with Crippen LogP contribution in [0, 0.1) is 0 Å². The second-order valence-corrected chi connectivity index (χ2v) is 6.68. The van der Waals surface area contributed by atoms with Crippen molar-refractivity contribution in [2.75, 3.05) is 20.3 Å². The Bertz CT molecular complexity index is 830. The molecule has 0 heterocycles. The number of benzene rings is 3. The third-order valence-electron chi connectivity index (χ3n) is 4.32. The molecule has 0 aliphatic carbocycles. The van der Waals surface area contributed by atoms with Gasteiger partial charge in [0, 0.05) is 13.0 Å². The van der Waals surface area contributed by atoms with Gasteiger partial charge in [-0.3, -0.25) is 0 Å². The van der Waals surface area contributed by atoms with E-state index in [2.05, 4.69) is 21.6 Å². The maximum Gasteiger partial charge on any atom is 0.332 e. The lowest BCUT2D eigenvalue weighted by Crippen LogP contribution is -2.11. The second kappa shape index (κ2) is 23.4. The molecule has 0 aromatic heterocycles. The van der Waals surface area contributed by atoms with Gasteiger partial charge in [-0.2, -0.15) is 0 Å². The highest BCUT2D eigenvalue weighted by atomic mass is 16.6. The van der Waals surface area contributed by atoms with Gasteiger partial charge in [0.15, 0.2) is 0 Å². The van der Waals surface area contributed by atoms with Crippen LogP contribution in [0.5, 0.6) is 11.5 Å². The lowest BCUT2D eigenvalue weighted by molar-refractivity contribution is -0.147. The van der Waals surface area contributed by atoms with Gasteiger partial charge in [0.2, 0.25) is 0 Å². The summed E-state index contributed by atoms with van der Waals surface area (Å²) in [6, 6.07) is 24.7. The third kappa shape index (κ3) is 14.2. The van der Waals surface area contributed by atoms with Crippen LogP contribution in [0.2, 0.25) is 0 Å². The Morgan fingerprint density at radius 2 is 1.08 bits per heavy atom. The van der Waals surface area contributed by atoms with Crippen LogP contribution in [0.1, 0.15) is 77.5 Å². The van der Waals surface area contributed by atoms with Crippen LogP contribution >= 0.6 is 0 Å². The minimum Gasteiger partial charge on any atom is -0.508 e. The zero-order valence-corrected chi connectivity index (χ0v) is 23.3. The summed E-state index contributed by atoms with van der Waals surface area (Å²) in [5.74, 6) is 0.305. The standard InChI is InChI=1S/C19H16O2.C6H12O3.3C2H6/c20-17-10-6-15(7-11-17)19(14-4-2-1-3-5-14)16-8-12-18(21)13-9-16;1-3-4-9-6(7)5-8-2;3*1-2/h1-13,19-21H;3-5H2,1-2H3;3*1-2H3. The lowest BCUT2D eigenvalue weighted by Gasteiger charge is -2.19. The van der Waals surface area contributed by atoms with E-state index < -0.39 is 0 Å². The summed E-state index contributed by atoms with van der Waals surface area (Å²) in [6.45, 7) is 14.5. The van der Waals surface area contributed by atoms with E-state index in [-0.39, 0.29) is 30.0 Å². The molecule has 0 spiro atoms. The van der Waals surface area contributed by atoms with Gasteiger partial charge in [-0.15, -0.1) is 0 Å². The van der Waals surface area contributed by atoms with E-state index in [9.17, 15) is 15.0 Å². The Labute approximate surface area is 218 Å². The molecule has 0 aliphatic heterocycles. The highest BCUT2D eigenvalue weighted by molar-refractivity contribution is 5.70. The molecular weight excluding hydrogens is 452 g/mol. The first-order valence-electron chi connectivity index (χ1n) is 12.8. The number of hydrogen-bond acceptors (Lipinski definition) is 5. The lowest BCUT2D eigenvalue weighted by atomic mass is 9.85. The normalized spacial score (nSPS) is 9.03. The predicted molar refractivity (Wildman–Crippen MR) is 151 cm³/mol. The first-order valence-corrected chi connectivity index (χ1v) is 12.8. The van der Waals surface area contributed by atoms with Gasteiger partial charge in [-0.05, 0) is 47.4 Å². The number of phenols is 2. The summed E-state index contributed by atoms with van der Waals surface area (Å²) in [5, 5.41) is 19.0. The molecule has 0 radical (unpaired) electrons. The van der Waals surface area contributed by atoms with Gasteiger partial charge in [0.1, 0.15) is 18.1 Å². The number of hydrogen-bond donors (Lipinski definition) is 2. The van der Waals surface area contributed by atoms with Gasteiger partial charge in [-0.25, -0.2) is 4.79 Å². The van der Waals surface area contributed by atoms with Gasteiger partial charge in [0.25, 0.3) is 0 Å². The summed E-state index contributed by atoms with van der Waals surface area (Å²) < 4.78 is 9.19. The highest BCUT2D eigenvalue weighted by Gasteiger charge is 2.16. The van der Waals surface area contributed by atoms with Crippen LogP contribution in [-0.4, -0.2) is 36.5 Å². The summed E-state index contributed by atoms with van der Waals surface area (Å²) in [7, 11) is 1.47. The Kier molecular flexibility index (Phi) is 22.7. The minimum absolute atomic E-state index is 0.0556. The van der Waals surface area contributed by atoms with Crippen molar-refractivity contribution in [2.24, 2.45) is 0 Å². The number of carbonyl (C=O) groups excluding carboxylic acids is 1. The zero-order chi connectivity index (χ0) is 27.8. The monoisotopic (exact) mass is 498 g/mol. The van der Waals surface area contributed by atoms with Crippen LogP contribution in [0.4, 0.5) is 0 Å². The number of carbonyl (C=O) groups is 1. The van der Waals surface area contributed by atoms with Crippen LogP contribution in [-0.2, 0) is 14.3 Å². The van der Waals surface area contributed by atoms with Crippen molar-refractivity contribution in [3.8, 4) is 11.5 Å². The fourth-order valence-corrected chi connectivity index (χ4v) is 2.93. The van der Waals surface area contributed by atoms with E-state index in [1.807, 2.05) is 90.9 Å². The summed E-state index contributed by atoms with van der Waals surface area (Å²) in [5.41, 5.74) is 3.38. The molecule has 0 amide bonds. The number of methoxy groups -OCH3 is 1. The average molecular weight is 499 g/mol. The Morgan fingerprint density at radius 3 is 1.44 bits per heavy atom. The van der Waals surface area contributed by atoms with Crippen molar-refractivity contribution in [2.45, 2.75) is 60.8 Å². The number of esters is 1. The van der Waals surface area contributed by atoms with Gasteiger partial charge in [-0.1, -0.05) is 103 Å². The summed E-state index contributed by atoms with van der Waals surface area (Å²) >= 11 is 0. The van der Waals surface area contributed by atoms with Crippen LogP contribution in [0.15, 0.2) is 78.9 Å². The van der Waals surface area contributed by atoms with E-state index in [4.69, 9.17) is 0 Å². The SMILES string of the molecule is CC.CC.CC.CCCOC(=O)COC.Oc1ccc(C(c2ccccc2)c2ccc(O)cc2)cc1. The number of aromatic hydroxyl groups is 2. The molecule has 2 N–H and O–H groups in total. The highest BCUT2D eigenvalue weighted by Crippen LogP contribution is 2.33. The molecule has 0 atom stereocenters. The van der Waals surface area contributed by atoms with Crippen molar-refractivity contribution >= 4 is 5.97 Å². The maximum absolute atomic E-state index is 10.5. The van der Waals surface area contributed by atoms with E-state index in [0.29, 0.717) is 6.61 Å². The van der Waals surface area contributed by atoms with E-state index in [1.54, 1.807) is 24.3 Å². The Morgan fingerprint density at radius 1 is 0.694 bits per heavy atom. The molecule has 200 valence electrons. The molecule has 3 aromatic rings. The third-order valence-corrected chi connectivity index (χ3v) is 4.32. The fourth-order valence-electron chi connectivity index (χ4n) is 2.93. The van der Waals surface area contributed by atoms with Crippen molar-refractivity contribution in [3.05, 3.63) is 95.6 Å². The molecule has 0 aliphatic rings. The van der Waals surface area contributed by atoms with E-state index >= 15 is 0 Å². The molecule has 5 nitrogen and oxygen atoms in total. The summed E-state index contributed by atoms with van der Waals surface area (Å²) in [6.07, 6.45) is 0.857.